The van der Waals surface area contributed by atoms with E-state index in [0.29, 0.717) is 22.0 Å². The Morgan fingerprint density at radius 3 is 2.53 bits per heavy atom. The van der Waals surface area contributed by atoms with Crippen LogP contribution in [0.1, 0.15) is 17.5 Å². The maximum atomic E-state index is 12.1. The van der Waals surface area contributed by atoms with Crippen molar-refractivity contribution in [3.63, 3.8) is 0 Å². The van der Waals surface area contributed by atoms with E-state index in [4.69, 9.17) is 16.3 Å². The van der Waals surface area contributed by atoms with Crippen LogP contribution in [0.2, 0.25) is 5.02 Å². The van der Waals surface area contributed by atoms with Crippen molar-refractivity contribution in [3.8, 4) is 5.75 Å². The van der Waals surface area contributed by atoms with Gasteiger partial charge in [-0.1, -0.05) is 57.9 Å². The molecule has 0 spiro atoms. The van der Waals surface area contributed by atoms with Gasteiger partial charge in [0.15, 0.2) is 0 Å². The number of hydrogen-bond donors (Lipinski definition) is 2. The Labute approximate surface area is 207 Å². The summed E-state index contributed by atoms with van der Waals surface area (Å²) >= 11 is 12.9. The number of benzene rings is 3. The highest BCUT2D eigenvalue weighted by Crippen LogP contribution is 2.24. The Balaban J connectivity index is 1.57. The molecule has 164 valence electrons. The first kappa shape index (κ1) is 24.0. The number of nitrogens with zero attached hydrogens (tertiary/aromatic N) is 1. The van der Waals surface area contributed by atoms with Crippen molar-refractivity contribution < 1.29 is 14.3 Å². The smallest absolute Gasteiger partial charge is 0.249 e. The van der Waals surface area contributed by atoms with Crippen molar-refractivity contribution in [3.05, 3.63) is 91.8 Å². The van der Waals surface area contributed by atoms with Crippen LogP contribution in [0.4, 0.5) is 5.69 Å². The summed E-state index contributed by atoms with van der Waals surface area (Å²) < 4.78 is 7.43. The Hall–Kier alpha value is -2.68. The van der Waals surface area contributed by atoms with E-state index in [-0.39, 0.29) is 13.0 Å². The van der Waals surface area contributed by atoms with Crippen molar-refractivity contribution in [1.29, 1.82) is 0 Å². The molecular weight excluding hydrogens is 562 g/mol. The Morgan fingerprint density at radius 1 is 1.00 bits per heavy atom. The van der Waals surface area contributed by atoms with Crippen LogP contribution in [0.15, 0.2) is 80.8 Å². The summed E-state index contributed by atoms with van der Waals surface area (Å²) in [4.78, 5) is 24.1. The third kappa shape index (κ3) is 7.19. The fourth-order valence-corrected chi connectivity index (χ4v) is 3.59. The van der Waals surface area contributed by atoms with Crippen LogP contribution in [-0.2, 0) is 16.2 Å². The number of rotatable bonds is 8. The summed E-state index contributed by atoms with van der Waals surface area (Å²) in [6, 6.07) is 20.0. The summed E-state index contributed by atoms with van der Waals surface area (Å²) in [5, 5.41) is 7.24. The normalized spacial score (nSPS) is 10.7. The number of hydrazone groups is 1. The molecule has 0 fully saturated rings. The number of para-hydroxylation sites is 1. The van der Waals surface area contributed by atoms with Crippen LogP contribution in [0, 0.1) is 0 Å². The van der Waals surface area contributed by atoms with Gasteiger partial charge in [0.2, 0.25) is 11.8 Å². The number of nitrogens with one attached hydrogen (secondary N) is 2. The SMILES string of the molecule is O=C(CC(=O)Nc1ccccc1Br)NN=Cc1cc(Br)ccc1OCc1ccccc1Cl. The molecule has 3 aromatic carbocycles. The molecule has 0 aliphatic rings. The van der Waals surface area contributed by atoms with Crippen molar-refractivity contribution >= 4 is 67.2 Å². The van der Waals surface area contributed by atoms with Crippen LogP contribution in [0.25, 0.3) is 0 Å². The van der Waals surface area contributed by atoms with Crippen molar-refractivity contribution in [1.82, 2.24) is 5.43 Å². The van der Waals surface area contributed by atoms with Crippen molar-refractivity contribution in [2.45, 2.75) is 13.0 Å². The molecule has 0 unspecified atom stereocenters. The zero-order valence-corrected chi connectivity index (χ0v) is 20.6. The van der Waals surface area contributed by atoms with Crippen molar-refractivity contribution in [2.24, 2.45) is 5.10 Å². The molecule has 2 N–H and O–H groups in total. The molecule has 0 atom stereocenters. The predicted octanol–water partition coefficient (Wildman–Crippen LogP) is 5.92. The fraction of sp³-hybridized carbons (Fsp3) is 0.0870. The van der Waals surface area contributed by atoms with Gasteiger partial charge < -0.3 is 10.1 Å². The molecule has 0 saturated carbocycles. The van der Waals surface area contributed by atoms with E-state index in [1.54, 1.807) is 36.4 Å². The molecule has 9 heteroatoms. The molecule has 3 aromatic rings. The second-order valence-corrected chi connectivity index (χ2v) is 8.74. The third-order valence-corrected chi connectivity index (χ3v) is 5.73. The lowest BCUT2D eigenvalue weighted by Crippen LogP contribution is -2.24. The molecule has 0 aliphatic carbocycles. The average molecular weight is 580 g/mol. The van der Waals surface area contributed by atoms with E-state index < -0.39 is 11.8 Å². The van der Waals surface area contributed by atoms with Crippen LogP contribution in [0.3, 0.4) is 0 Å². The molecule has 2 amide bonds. The van der Waals surface area contributed by atoms with Gasteiger partial charge in [0.05, 0.1) is 11.9 Å². The highest BCUT2D eigenvalue weighted by molar-refractivity contribution is 9.10. The van der Waals surface area contributed by atoms with Crippen LogP contribution in [-0.4, -0.2) is 18.0 Å². The van der Waals surface area contributed by atoms with Gasteiger partial charge in [-0.15, -0.1) is 0 Å². The average Bonchev–Trinajstić information content (AvgIpc) is 2.76. The second kappa shape index (κ2) is 11.8. The molecule has 0 aliphatic heterocycles. The molecule has 32 heavy (non-hydrogen) atoms. The molecule has 0 radical (unpaired) electrons. The Kier molecular flexibility index (Phi) is 8.84. The zero-order chi connectivity index (χ0) is 22.9. The summed E-state index contributed by atoms with van der Waals surface area (Å²) in [6.07, 6.45) is 1.09. The number of halogens is 3. The number of anilines is 1. The summed E-state index contributed by atoms with van der Waals surface area (Å²) in [5.41, 5.74) is 4.44. The van der Waals surface area contributed by atoms with Crippen molar-refractivity contribution in [2.75, 3.05) is 5.32 Å². The summed E-state index contributed by atoms with van der Waals surface area (Å²) in [7, 11) is 0. The third-order valence-electron chi connectivity index (χ3n) is 4.17. The predicted molar refractivity (Wildman–Crippen MR) is 133 cm³/mol. The van der Waals surface area contributed by atoms with Gasteiger partial charge in [-0.3, -0.25) is 9.59 Å². The first-order valence-electron chi connectivity index (χ1n) is 9.44. The Bertz CT molecular complexity index is 1150. The molecule has 6 nitrogen and oxygen atoms in total. The monoisotopic (exact) mass is 577 g/mol. The van der Waals surface area contributed by atoms with Gasteiger partial charge >= 0.3 is 0 Å². The van der Waals surface area contributed by atoms with Gasteiger partial charge in [-0.25, -0.2) is 5.43 Å². The van der Waals surface area contributed by atoms with Crippen LogP contribution < -0.4 is 15.5 Å². The van der Waals surface area contributed by atoms with Gasteiger partial charge in [0.1, 0.15) is 18.8 Å². The maximum Gasteiger partial charge on any atom is 0.249 e. The second-order valence-electron chi connectivity index (χ2n) is 6.56. The Morgan fingerprint density at radius 2 is 1.75 bits per heavy atom. The summed E-state index contributed by atoms with van der Waals surface area (Å²) in [6.45, 7) is 0.281. The first-order valence-corrected chi connectivity index (χ1v) is 11.4. The van der Waals surface area contributed by atoms with Crippen LogP contribution in [0.5, 0.6) is 5.75 Å². The molecule has 0 aromatic heterocycles. The molecule has 0 saturated heterocycles. The lowest BCUT2D eigenvalue weighted by molar-refractivity contribution is -0.126. The molecule has 0 heterocycles. The van der Waals surface area contributed by atoms with Gasteiger partial charge in [0, 0.05) is 25.1 Å². The highest BCUT2D eigenvalue weighted by Gasteiger charge is 2.11. The lowest BCUT2D eigenvalue weighted by atomic mass is 10.2. The molecular formula is C23H18Br2ClN3O3. The summed E-state index contributed by atoms with van der Waals surface area (Å²) in [5.74, 6) is -0.423. The van der Waals surface area contributed by atoms with Gasteiger partial charge in [-0.05, 0) is 52.3 Å². The standard InChI is InChI=1S/C23H18Br2ClN3O3/c24-17-9-10-21(32-14-15-5-1-3-7-19(15)26)16(11-17)13-27-29-23(31)12-22(30)28-20-8-4-2-6-18(20)25/h1-11,13H,12,14H2,(H,28,30)(H,29,31). The number of ether oxygens (including phenoxy) is 1. The van der Waals surface area contributed by atoms with E-state index in [0.717, 1.165) is 14.5 Å². The highest BCUT2D eigenvalue weighted by atomic mass is 79.9. The van der Waals surface area contributed by atoms with Gasteiger partial charge in [-0.2, -0.15) is 5.10 Å². The van der Waals surface area contributed by atoms with Crippen LogP contribution >= 0.6 is 43.5 Å². The first-order chi connectivity index (χ1) is 15.4. The molecule has 3 rings (SSSR count). The van der Waals surface area contributed by atoms with Gasteiger partial charge in [0.25, 0.3) is 0 Å². The maximum absolute atomic E-state index is 12.1. The molecule has 0 bridgehead atoms. The number of carbonyl (C=O) groups is 2. The topological polar surface area (TPSA) is 79.8 Å². The minimum atomic E-state index is -0.542. The van der Waals surface area contributed by atoms with E-state index >= 15 is 0 Å². The van der Waals surface area contributed by atoms with E-state index in [2.05, 4.69) is 47.7 Å². The minimum Gasteiger partial charge on any atom is -0.488 e. The largest absolute Gasteiger partial charge is 0.488 e. The number of carbonyl (C=O) groups excluding carboxylic acids is 2. The number of amides is 2. The quantitative estimate of drug-likeness (QED) is 0.198. The fourth-order valence-electron chi connectivity index (χ4n) is 2.64. The minimum absolute atomic E-state index is 0.281. The number of hydrogen-bond acceptors (Lipinski definition) is 4. The lowest BCUT2D eigenvalue weighted by Gasteiger charge is -2.10. The van der Waals surface area contributed by atoms with E-state index in [1.807, 2.05) is 30.3 Å². The van der Waals surface area contributed by atoms with E-state index in [9.17, 15) is 9.59 Å². The van der Waals surface area contributed by atoms with E-state index in [1.165, 1.54) is 6.21 Å². The zero-order valence-electron chi connectivity index (χ0n) is 16.6.